The van der Waals surface area contributed by atoms with E-state index in [-0.39, 0.29) is 6.04 Å². The van der Waals surface area contributed by atoms with Crippen LogP contribution in [0.3, 0.4) is 0 Å². The van der Waals surface area contributed by atoms with E-state index in [9.17, 15) is 8.42 Å². The molecule has 0 bridgehead atoms. The molecule has 0 spiro atoms. The van der Waals surface area contributed by atoms with Gasteiger partial charge < -0.3 is 0 Å². The number of fused-ring (bicyclic) bond motifs is 1. The molecule has 2 fully saturated rings. The Morgan fingerprint density at radius 3 is 2.65 bits per heavy atom. The maximum absolute atomic E-state index is 12.9. The Labute approximate surface area is 129 Å². The second-order valence-corrected chi connectivity index (χ2v) is 8.63. The lowest BCUT2D eigenvalue weighted by Gasteiger charge is -2.43. The quantitative estimate of drug-likeness (QED) is 0.807. The van der Waals surface area contributed by atoms with E-state index < -0.39 is 10.0 Å². The Bertz CT molecular complexity index is 585. The van der Waals surface area contributed by atoms with Gasteiger partial charge in [0.1, 0.15) is 0 Å². The minimum absolute atomic E-state index is 0.224. The van der Waals surface area contributed by atoms with Gasteiger partial charge in [0.2, 0.25) is 10.0 Å². The molecule has 1 aromatic rings. The molecule has 0 unspecified atom stereocenters. The molecule has 0 radical (unpaired) electrons. The summed E-state index contributed by atoms with van der Waals surface area (Å²) in [6, 6.07) is 7.29. The van der Waals surface area contributed by atoms with Gasteiger partial charge in [-0.3, -0.25) is 0 Å². The summed E-state index contributed by atoms with van der Waals surface area (Å²) in [5.74, 6) is 0.569. The summed E-state index contributed by atoms with van der Waals surface area (Å²) in [4.78, 5) is 0.415. The highest BCUT2D eigenvalue weighted by atomic mass is 79.9. The van der Waals surface area contributed by atoms with Crippen LogP contribution in [0.4, 0.5) is 0 Å². The number of hydrogen-bond donors (Lipinski definition) is 0. The van der Waals surface area contributed by atoms with Crippen molar-refractivity contribution in [2.24, 2.45) is 5.92 Å². The summed E-state index contributed by atoms with van der Waals surface area (Å²) >= 11 is 3.36. The highest BCUT2D eigenvalue weighted by Gasteiger charge is 2.39. The van der Waals surface area contributed by atoms with Crippen LogP contribution in [0.15, 0.2) is 33.6 Å². The smallest absolute Gasteiger partial charge is 0.207 e. The molecule has 2 aliphatic rings. The zero-order chi connectivity index (χ0) is 14.2. The van der Waals surface area contributed by atoms with Gasteiger partial charge in [0.15, 0.2) is 0 Å². The van der Waals surface area contributed by atoms with Gasteiger partial charge in [-0.1, -0.05) is 34.8 Å². The van der Waals surface area contributed by atoms with E-state index in [2.05, 4.69) is 15.9 Å². The van der Waals surface area contributed by atoms with E-state index in [1.165, 1.54) is 19.3 Å². The topological polar surface area (TPSA) is 37.4 Å². The first-order chi connectivity index (χ1) is 9.59. The van der Waals surface area contributed by atoms with Crippen molar-refractivity contribution < 1.29 is 8.42 Å². The third kappa shape index (κ3) is 2.68. The van der Waals surface area contributed by atoms with Crippen LogP contribution in [-0.4, -0.2) is 25.3 Å². The third-order valence-corrected chi connectivity index (χ3v) is 7.01. The van der Waals surface area contributed by atoms with E-state index in [0.717, 1.165) is 23.7 Å². The molecule has 1 aliphatic carbocycles. The molecule has 1 aliphatic heterocycles. The van der Waals surface area contributed by atoms with E-state index in [1.54, 1.807) is 22.5 Å². The lowest BCUT2D eigenvalue weighted by atomic mass is 9.79. The van der Waals surface area contributed by atoms with Gasteiger partial charge in [-0.15, -0.1) is 0 Å². The van der Waals surface area contributed by atoms with Crippen molar-refractivity contribution in [2.75, 3.05) is 6.54 Å². The Hall–Kier alpha value is -0.390. The molecule has 0 N–H and O–H groups in total. The first kappa shape index (κ1) is 14.5. The summed E-state index contributed by atoms with van der Waals surface area (Å²) in [5.41, 5.74) is 0. The average Bonchev–Trinajstić information content (AvgIpc) is 2.46. The summed E-state index contributed by atoms with van der Waals surface area (Å²) < 4.78 is 28.4. The molecule has 2 atom stereocenters. The second-order valence-electron chi connectivity index (χ2n) is 5.83. The third-order valence-electron chi connectivity index (χ3n) is 4.59. The Morgan fingerprint density at radius 1 is 1.10 bits per heavy atom. The number of rotatable bonds is 2. The fraction of sp³-hybridized carbons (Fsp3) is 0.600. The minimum Gasteiger partial charge on any atom is -0.207 e. The SMILES string of the molecule is O=S(=O)(c1cccc(Br)c1)N1CCC[C@@H]2CCCC[C@@H]21. The van der Waals surface area contributed by atoms with E-state index >= 15 is 0 Å². The Balaban J connectivity index is 1.93. The summed E-state index contributed by atoms with van der Waals surface area (Å²) in [7, 11) is -3.35. The summed E-state index contributed by atoms with van der Waals surface area (Å²) in [5, 5.41) is 0. The zero-order valence-corrected chi connectivity index (χ0v) is 13.9. The van der Waals surface area contributed by atoms with Crippen LogP contribution < -0.4 is 0 Å². The predicted octanol–water partition coefficient (Wildman–Crippen LogP) is 3.79. The van der Waals surface area contributed by atoms with E-state index in [1.807, 2.05) is 6.07 Å². The van der Waals surface area contributed by atoms with Crippen LogP contribution in [0.5, 0.6) is 0 Å². The zero-order valence-electron chi connectivity index (χ0n) is 11.5. The standard InChI is InChI=1S/C15H20BrNO2S/c16-13-7-3-8-14(11-13)20(18,19)17-10-4-6-12-5-1-2-9-15(12)17/h3,7-8,11-12,15H,1-2,4-6,9-10H2/t12-,15-/m0/s1. The summed E-state index contributed by atoms with van der Waals surface area (Å²) in [6.45, 7) is 0.677. The molecular weight excluding hydrogens is 338 g/mol. The van der Waals surface area contributed by atoms with Gasteiger partial charge in [0, 0.05) is 17.1 Å². The first-order valence-corrected chi connectivity index (χ1v) is 9.60. The number of halogens is 1. The highest BCUT2D eigenvalue weighted by Crippen LogP contribution is 2.38. The monoisotopic (exact) mass is 357 g/mol. The number of sulfonamides is 1. The van der Waals surface area contributed by atoms with Crippen molar-refractivity contribution in [3.63, 3.8) is 0 Å². The molecule has 0 amide bonds. The van der Waals surface area contributed by atoms with Gasteiger partial charge in [0.05, 0.1) is 4.90 Å². The molecule has 0 aromatic heterocycles. The highest BCUT2D eigenvalue weighted by molar-refractivity contribution is 9.10. The van der Waals surface area contributed by atoms with Gasteiger partial charge in [-0.2, -0.15) is 4.31 Å². The lowest BCUT2D eigenvalue weighted by Crippen LogP contribution is -2.49. The van der Waals surface area contributed by atoms with Crippen molar-refractivity contribution in [3.8, 4) is 0 Å². The molecule has 3 rings (SSSR count). The van der Waals surface area contributed by atoms with Crippen molar-refractivity contribution in [2.45, 2.75) is 49.5 Å². The second kappa shape index (κ2) is 5.78. The molecule has 1 aromatic carbocycles. The van der Waals surface area contributed by atoms with Crippen LogP contribution in [0.1, 0.15) is 38.5 Å². The molecule has 1 saturated heterocycles. The van der Waals surface area contributed by atoms with Crippen LogP contribution in [-0.2, 0) is 10.0 Å². The van der Waals surface area contributed by atoms with Crippen molar-refractivity contribution >= 4 is 26.0 Å². The van der Waals surface area contributed by atoms with Crippen LogP contribution in [0.2, 0.25) is 0 Å². The van der Waals surface area contributed by atoms with Gasteiger partial charge in [-0.25, -0.2) is 8.42 Å². The van der Waals surface area contributed by atoms with Crippen molar-refractivity contribution in [1.29, 1.82) is 0 Å². The number of hydrogen-bond acceptors (Lipinski definition) is 2. The molecule has 5 heteroatoms. The number of benzene rings is 1. The van der Waals surface area contributed by atoms with Gasteiger partial charge in [0.25, 0.3) is 0 Å². The lowest BCUT2D eigenvalue weighted by molar-refractivity contribution is 0.129. The molecule has 3 nitrogen and oxygen atoms in total. The molecule has 110 valence electrons. The Kier molecular flexibility index (Phi) is 4.20. The molecule has 20 heavy (non-hydrogen) atoms. The number of piperidine rings is 1. The first-order valence-electron chi connectivity index (χ1n) is 7.36. The average molecular weight is 358 g/mol. The maximum atomic E-state index is 12.9. The Morgan fingerprint density at radius 2 is 1.85 bits per heavy atom. The van der Waals surface area contributed by atoms with Crippen LogP contribution >= 0.6 is 15.9 Å². The van der Waals surface area contributed by atoms with Gasteiger partial charge >= 0.3 is 0 Å². The fourth-order valence-electron chi connectivity index (χ4n) is 3.64. The largest absolute Gasteiger partial charge is 0.243 e. The normalized spacial score (nSPS) is 28.1. The van der Waals surface area contributed by atoms with Gasteiger partial charge in [-0.05, 0) is 49.8 Å². The molecule has 1 heterocycles. The van der Waals surface area contributed by atoms with Crippen LogP contribution in [0.25, 0.3) is 0 Å². The molecule has 1 saturated carbocycles. The number of nitrogens with zero attached hydrogens (tertiary/aromatic N) is 1. The van der Waals surface area contributed by atoms with Crippen LogP contribution in [0, 0.1) is 5.92 Å². The summed E-state index contributed by atoms with van der Waals surface area (Å²) in [6.07, 6.45) is 6.81. The van der Waals surface area contributed by atoms with E-state index in [0.29, 0.717) is 17.4 Å². The molecular formula is C15H20BrNO2S. The maximum Gasteiger partial charge on any atom is 0.243 e. The fourth-order valence-corrected chi connectivity index (χ4v) is 5.99. The minimum atomic E-state index is -3.35. The van der Waals surface area contributed by atoms with E-state index in [4.69, 9.17) is 0 Å². The van der Waals surface area contributed by atoms with Crippen molar-refractivity contribution in [3.05, 3.63) is 28.7 Å². The predicted molar refractivity (Wildman–Crippen MR) is 83.0 cm³/mol. The van der Waals surface area contributed by atoms with Crippen molar-refractivity contribution in [1.82, 2.24) is 4.31 Å².